The van der Waals surface area contributed by atoms with Crippen molar-refractivity contribution in [2.24, 2.45) is 5.92 Å². The topological polar surface area (TPSA) is 75.6 Å². The molecule has 0 fully saturated rings. The van der Waals surface area contributed by atoms with Gasteiger partial charge in [-0.05, 0) is 37.0 Å². The van der Waals surface area contributed by atoms with Gasteiger partial charge in [0.05, 0.1) is 0 Å². The summed E-state index contributed by atoms with van der Waals surface area (Å²) in [5, 5.41) is 6.65. The van der Waals surface area contributed by atoms with Crippen molar-refractivity contribution in [1.29, 1.82) is 0 Å². The monoisotopic (exact) mass is 322 g/mol. The van der Waals surface area contributed by atoms with E-state index in [0.717, 1.165) is 17.8 Å². The van der Waals surface area contributed by atoms with E-state index in [2.05, 4.69) is 76.5 Å². The Morgan fingerprint density at radius 2 is 1.83 bits per heavy atom. The molecule has 2 N–H and O–H groups in total. The number of anilines is 3. The van der Waals surface area contributed by atoms with E-state index in [-0.39, 0.29) is 0 Å². The fourth-order valence-corrected chi connectivity index (χ4v) is 2.32. The smallest absolute Gasteiger partial charge is 0.226 e. The molecule has 1 aromatic carbocycles. The number of hydrogen-bond acceptors (Lipinski definition) is 6. The van der Waals surface area contributed by atoms with Crippen LogP contribution in [0.3, 0.4) is 0 Å². The number of rotatable bonds is 5. The zero-order valence-corrected chi connectivity index (χ0v) is 14.5. The number of benzene rings is 1. The van der Waals surface area contributed by atoms with Crippen LogP contribution in [0.1, 0.15) is 25.0 Å². The summed E-state index contributed by atoms with van der Waals surface area (Å²) in [6, 6.07) is 6.28. The van der Waals surface area contributed by atoms with E-state index in [4.69, 9.17) is 0 Å². The minimum atomic E-state index is 0.501. The van der Waals surface area contributed by atoms with Crippen molar-refractivity contribution in [2.75, 3.05) is 17.2 Å². The molecule has 0 bridgehead atoms. The fourth-order valence-electron chi connectivity index (χ4n) is 2.32. The Bertz CT molecular complexity index is 859. The van der Waals surface area contributed by atoms with Crippen LogP contribution in [-0.4, -0.2) is 26.5 Å². The third-order valence-electron chi connectivity index (χ3n) is 3.65. The van der Waals surface area contributed by atoms with Crippen molar-refractivity contribution in [3.63, 3.8) is 0 Å². The molecule has 0 spiro atoms. The second-order valence-corrected chi connectivity index (χ2v) is 6.34. The van der Waals surface area contributed by atoms with Gasteiger partial charge in [0.2, 0.25) is 5.95 Å². The first-order chi connectivity index (χ1) is 11.5. The molecule has 3 aromatic rings. The number of aromatic nitrogens is 4. The van der Waals surface area contributed by atoms with Gasteiger partial charge in [0, 0.05) is 24.6 Å². The van der Waals surface area contributed by atoms with Crippen LogP contribution in [0.15, 0.2) is 30.6 Å². The first-order valence-corrected chi connectivity index (χ1v) is 8.10. The summed E-state index contributed by atoms with van der Waals surface area (Å²) in [6.45, 7) is 9.22. The molecule has 0 radical (unpaired) electrons. The SMILES string of the molecule is Cc1ccc(C)c(Nc2nc(NCC(C)C)nc3nccnc23)c1. The van der Waals surface area contributed by atoms with E-state index in [1.54, 1.807) is 12.4 Å². The van der Waals surface area contributed by atoms with Gasteiger partial charge in [0.15, 0.2) is 17.0 Å². The summed E-state index contributed by atoms with van der Waals surface area (Å²) in [7, 11) is 0. The minimum absolute atomic E-state index is 0.501. The average Bonchev–Trinajstić information content (AvgIpc) is 2.56. The lowest BCUT2D eigenvalue weighted by molar-refractivity contribution is 0.685. The van der Waals surface area contributed by atoms with Gasteiger partial charge in [-0.2, -0.15) is 9.97 Å². The summed E-state index contributed by atoms with van der Waals surface area (Å²) in [5.74, 6) is 1.72. The van der Waals surface area contributed by atoms with Gasteiger partial charge < -0.3 is 10.6 Å². The number of hydrogen-bond donors (Lipinski definition) is 2. The van der Waals surface area contributed by atoms with Gasteiger partial charge in [0.25, 0.3) is 0 Å². The van der Waals surface area contributed by atoms with Gasteiger partial charge in [-0.15, -0.1) is 0 Å². The molecule has 0 atom stereocenters. The number of nitrogens with zero attached hydrogens (tertiary/aromatic N) is 4. The molecule has 24 heavy (non-hydrogen) atoms. The molecular weight excluding hydrogens is 300 g/mol. The first-order valence-electron chi connectivity index (χ1n) is 8.10. The van der Waals surface area contributed by atoms with Crippen LogP contribution in [-0.2, 0) is 0 Å². The summed E-state index contributed by atoms with van der Waals surface area (Å²) in [5.41, 5.74) is 4.58. The van der Waals surface area contributed by atoms with Crippen LogP contribution >= 0.6 is 0 Å². The van der Waals surface area contributed by atoms with E-state index in [0.29, 0.717) is 28.8 Å². The molecule has 3 rings (SSSR count). The third kappa shape index (κ3) is 3.59. The maximum Gasteiger partial charge on any atom is 0.226 e. The highest BCUT2D eigenvalue weighted by Gasteiger charge is 2.11. The molecule has 0 aliphatic heterocycles. The Morgan fingerprint density at radius 1 is 1.04 bits per heavy atom. The van der Waals surface area contributed by atoms with Crippen LogP contribution in [0.25, 0.3) is 11.2 Å². The van der Waals surface area contributed by atoms with Gasteiger partial charge >= 0.3 is 0 Å². The first kappa shape index (κ1) is 16.1. The van der Waals surface area contributed by atoms with Crippen molar-refractivity contribution in [3.05, 3.63) is 41.7 Å². The van der Waals surface area contributed by atoms with E-state index in [9.17, 15) is 0 Å². The number of aryl methyl sites for hydroxylation is 2. The fraction of sp³-hybridized carbons (Fsp3) is 0.333. The molecule has 6 heteroatoms. The van der Waals surface area contributed by atoms with Gasteiger partial charge in [-0.3, -0.25) is 0 Å². The normalized spacial score (nSPS) is 11.0. The van der Waals surface area contributed by atoms with E-state index < -0.39 is 0 Å². The predicted molar refractivity (Wildman–Crippen MR) is 97.7 cm³/mol. The van der Waals surface area contributed by atoms with E-state index in [1.165, 1.54) is 5.56 Å². The lowest BCUT2D eigenvalue weighted by atomic mass is 10.1. The van der Waals surface area contributed by atoms with E-state index in [1.807, 2.05) is 0 Å². The lowest BCUT2D eigenvalue weighted by Crippen LogP contribution is -2.12. The number of fused-ring (bicyclic) bond motifs is 1. The second-order valence-electron chi connectivity index (χ2n) is 6.34. The molecule has 0 unspecified atom stereocenters. The third-order valence-corrected chi connectivity index (χ3v) is 3.65. The largest absolute Gasteiger partial charge is 0.354 e. The molecule has 0 aliphatic rings. The highest BCUT2D eigenvalue weighted by Crippen LogP contribution is 2.25. The van der Waals surface area contributed by atoms with E-state index >= 15 is 0 Å². The molecule has 124 valence electrons. The molecule has 0 saturated heterocycles. The average molecular weight is 322 g/mol. The van der Waals surface area contributed by atoms with Crippen molar-refractivity contribution < 1.29 is 0 Å². The molecule has 6 nitrogen and oxygen atoms in total. The lowest BCUT2D eigenvalue weighted by Gasteiger charge is -2.13. The summed E-state index contributed by atoms with van der Waals surface area (Å²) >= 11 is 0. The zero-order chi connectivity index (χ0) is 17.1. The van der Waals surface area contributed by atoms with Gasteiger partial charge in [0.1, 0.15) is 0 Å². The standard InChI is InChI=1S/C18H22N6/c1-11(2)10-21-18-23-16-15(19-7-8-20-16)17(24-18)22-14-9-12(3)5-6-13(14)4/h5-9,11H,10H2,1-4H3,(H2,20,21,22,23,24). The number of nitrogens with one attached hydrogen (secondary N) is 2. The Balaban J connectivity index is 2.02. The van der Waals surface area contributed by atoms with Gasteiger partial charge in [-0.1, -0.05) is 26.0 Å². The molecule has 0 aliphatic carbocycles. The second kappa shape index (κ2) is 6.78. The van der Waals surface area contributed by atoms with Crippen LogP contribution in [0.5, 0.6) is 0 Å². The predicted octanol–water partition coefficient (Wildman–Crippen LogP) is 3.85. The van der Waals surface area contributed by atoms with Crippen LogP contribution in [0.4, 0.5) is 17.5 Å². The van der Waals surface area contributed by atoms with Crippen LogP contribution in [0.2, 0.25) is 0 Å². The summed E-state index contributed by atoms with van der Waals surface area (Å²) < 4.78 is 0. The molecular formula is C18H22N6. The summed E-state index contributed by atoms with van der Waals surface area (Å²) in [4.78, 5) is 17.8. The maximum absolute atomic E-state index is 4.60. The Morgan fingerprint density at radius 3 is 2.62 bits per heavy atom. The quantitative estimate of drug-likeness (QED) is 0.743. The molecule has 0 amide bonds. The highest BCUT2D eigenvalue weighted by atomic mass is 15.2. The summed E-state index contributed by atoms with van der Waals surface area (Å²) in [6.07, 6.45) is 3.30. The molecule has 2 aromatic heterocycles. The zero-order valence-electron chi connectivity index (χ0n) is 14.5. The van der Waals surface area contributed by atoms with Crippen molar-refractivity contribution in [3.8, 4) is 0 Å². The molecule has 0 saturated carbocycles. The maximum atomic E-state index is 4.60. The van der Waals surface area contributed by atoms with Crippen molar-refractivity contribution in [2.45, 2.75) is 27.7 Å². The van der Waals surface area contributed by atoms with Gasteiger partial charge in [-0.25, -0.2) is 9.97 Å². The Kier molecular flexibility index (Phi) is 4.55. The van der Waals surface area contributed by atoms with Crippen molar-refractivity contribution in [1.82, 2.24) is 19.9 Å². The Labute approximate surface area is 141 Å². The highest BCUT2D eigenvalue weighted by molar-refractivity contribution is 5.86. The Hall–Kier alpha value is -2.76. The van der Waals surface area contributed by atoms with Crippen LogP contribution < -0.4 is 10.6 Å². The minimum Gasteiger partial charge on any atom is -0.354 e. The van der Waals surface area contributed by atoms with Crippen molar-refractivity contribution >= 4 is 28.6 Å². The van der Waals surface area contributed by atoms with Crippen LogP contribution in [0, 0.1) is 19.8 Å². The molecule has 2 heterocycles.